The molecule has 0 bridgehead atoms. The van der Waals surface area contributed by atoms with Crippen LogP contribution in [-0.4, -0.2) is 44.6 Å². The fourth-order valence-corrected chi connectivity index (χ4v) is 0.270. The molecule has 0 spiro atoms. The maximum absolute atomic E-state index is 9.77. The molecule has 7 N–H and O–H groups in total. The molecule has 8 heteroatoms. The largest absolute Gasteiger partial charge is 0.479 e. The van der Waals surface area contributed by atoms with Crippen LogP contribution in [0.1, 0.15) is 0 Å². The maximum atomic E-state index is 9.77. The number of rotatable bonds is 3. The summed E-state index contributed by atoms with van der Waals surface area (Å²) in [6.07, 6.45) is -4.53. The molecule has 0 aliphatic heterocycles. The van der Waals surface area contributed by atoms with Crippen molar-refractivity contribution in [3.05, 3.63) is 0 Å². The van der Waals surface area contributed by atoms with Gasteiger partial charge in [-0.3, -0.25) is 0 Å². The number of carbonyl (C=O) groups is 2. The van der Waals surface area contributed by atoms with E-state index in [0.29, 0.717) is 0 Å². The van der Waals surface area contributed by atoms with Crippen LogP contribution in [0.3, 0.4) is 0 Å². The van der Waals surface area contributed by atoms with Gasteiger partial charge in [-0.1, -0.05) is 0 Å². The molecule has 0 fully saturated rings. The number of carboxylic acid groups (broad SMARTS) is 2. The van der Waals surface area contributed by atoms with Crippen LogP contribution >= 0.6 is 0 Å². The molecule has 0 saturated carbocycles. The Labute approximate surface area is 80.4 Å². The van der Waals surface area contributed by atoms with Gasteiger partial charge in [-0.25, -0.2) is 9.59 Å². The van der Waals surface area contributed by atoms with Crippen molar-refractivity contribution >= 4 is 11.9 Å². The summed E-state index contributed by atoms with van der Waals surface area (Å²) in [5.41, 5.74) is 0. The van der Waals surface area contributed by atoms with E-state index in [9.17, 15) is 9.59 Å². The van der Waals surface area contributed by atoms with Crippen LogP contribution in [0.25, 0.3) is 0 Å². The SMILES string of the molecule is N.O=C(O)C(O)C(O)C(=O)O.[Zn]. The number of hydrogen-bond acceptors (Lipinski definition) is 5. The Morgan fingerprint density at radius 1 is 0.917 bits per heavy atom. The standard InChI is InChI=1S/C4H6O6.H3N.Zn/c5-1(3(7)8)2(6)4(9)10;;/h1-2,5-6H,(H,7,8)(H,9,10);1H3;. The summed E-state index contributed by atoms with van der Waals surface area (Å²) in [6.45, 7) is 0. The number of aliphatic carboxylic acids is 2. The minimum absolute atomic E-state index is 0. The maximum Gasteiger partial charge on any atom is 0.335 e. The van der Waals surface area contributed by atoms with Crippen LogP contribution < -0.4 is 6.15 Å². The van der Waals surface area contributed by atoms with Crippen molar-refractivity contribution in [3.8, 4) is 0 Å². The van der Waals surface area contributed by atoms with Gasteiger partial charge in [-0.2, -0.15) is 0 Å². The zero-order valence-electron chi connectivity index (χ0n) is 6.17. The quantitative estimate of drug-likeness (QED) is 0.354. The Kier molecular flexibility index (Phi) is 10.4. The Hall–Kier alpha value is -0.557. The third-order valence-corrected chi connectivity index (χ3v) is 0.805. The van der Waals surface area contributed by atoms with Crippen LogP contribution in [0.15, 0.2) is 0 Å². The van der Waals surface area contributed by atoms with Crippen LogP contribution in [0.5, 0.6) is 0 Å². The molecule has 68 valence electrons. The van der Waals surface area contributed by atoms with Gasteiger partial charge in [0.1, 0.15) is 0 Å². The average molecular weight is 233 g/mol. The van der Waals surface area contributed by atoms with E-state index in [-0.39, 0.29) is 25.6 Å². The van der Waals surface area contributed by atoms with Crippen LogP contribution in [-0.2, 0) is 29.1 Å². The predicted octanol–water partition coefficient (Wildman–Crippen LogP) is -1.96. The first-order valence-electron chi connectivity index (χ1n) is 2.28. The van der Waals surface area contributed by atoms with Crippen molar-refractivity contribution in [1.82, 2.24) is 6.15 Å². The molecule has 0 aliphatic carbocycles. The minimum Gasteiger partial charge on any atom is -0.479 e. The summed E-state index contributed by atoms with van der Waals surface area (Å²) >= 11 is 0. The first kappa shape index (κ1) is 17.5. The third kappa shape index (κ3) is 5.14. The first-order valence-corrected chi connectivity index (χ1v) is 2.28. The summed E-state index contributed by atoms with van der Waals surface area (Å²) in [5, 5.41) is 32.5. The summed E-state index contributed by atoms with van der Waals surface area (Å²) in [7, 11) is 0. The van der Waals surface area contributed by atoms with Gasteiger partial charge in [0.05, 0.1) is 0 Å². The molecule has 0 radical (unpaired) electrons. The van der Waals surface area contributed by atoms with E-state index in [1.165, 1.54) is 0 Å². The molecule has 0 saturated heterocycles. The van der Waals surface area contributed by atoms with E-state index in [0.717, 1.165) is 0 Å². The molecule has 2 atom stereocenters. The molecule has 12 heavy (non-hydrogen) atoms. The van der Waals surface area contributed by atoms with Crippen molar-refractivity contribution in [1.29, 1.82) is 0 Å². The smallest absolute Gasteiger partial charge is 0.335 e. The van der Waals surface area contributed by atoms with Gasteiger partial charge in [0.2, 0.25) is 0 Å². The number of hydrogen-bond donors (Lipinski definition) is 5. The second kappa shape index (κ2) is 7.11. The molecule has 2 unspecified atom stereocenters. The molecule has 0 aromatic carbocycles. The van der Waals surface area contributed by atoms with E-state index in [4.69, 9.17) is 20.4 Å². The van der Waals surface area contributed by atoms with Gasteiger partial charge >= 0.3 is 11.9 Å². The monoisotopic (exact) mass is 231 g/mol. The minimum atomic E-state index is -2.27. The molecule has 0 aromatic heterocycles. The van der Waals surface area contributed by atoms with Crippen molar-refractivity contribution in [3.63, 3.8) is 0 Å². The number of carboxylic acids is 2. The molecule has 0 aliphatic rings. The summed E-state index contributed by atoms with van der Waals surface area (Å²) in [6, 6.07) is 0. The Balaban J connectivity index is -0.000000405. The molecule has 0 amide bonds. The predicted molar refractivity (Wildman–Crippen MR) is 32.3 cm³/mol. The molecule has 0 aromatic rings. The van der Waals surface area contributed by atoms with Crippen molar-refractivity contribution in [2.24, 2.45) is 0 Å². The van der Waals surface area contributed by atoms with Crippen LogP contribution in [0.4, 0.5) is 0 Å². The van der Waals surface area contributed by atoms with Crippen molar-refractivity contribution in [2.75, 3.05) is 0 Å². The summed E-state index contributed by atoms with van der Waals surface area (Å²) < 4.78 is 0. The van der Waals surface area contributed by atoms with Gasteiger partial charge in [0, 0.05) is 19.5 Å². The molecular formula is C4H9NO6Zn. The van der Waals surface area contributed by atoms with Gasteiger partial charge in [-0.15, -0.1) is 0 Å². The zero-order chi connectivity index (χ0) is 8.31. The average Bonchev–Trinajstić information content (AvgIpc) is 1.84. The Morgan fingerprint density at radius 3 is 1.17 bits per heavy atom. The molecule has 7 nitrogen and oxygen atoms in total. The normalized spacial score (nSPS) is 13.2. The third-order valence-electron chi connectivity index (χ3n) is 0.805. The molecular weight excluding hydrogens is 223 g/mol. The van der Waals surface area contributed by atoms with Crippen LogP contribution in [0.2, 0.25) is 0 Å². The van der Waals surface area contributed by atoms with Crippen molar-refractivity contribution < 1.29 is 49.5 Å². The van der Waals surface area contributed by atoms with Gasteiger partial charge < -0.3 is 26.6 Å². The van der Waals surface area contributed by atoms with E-state index in [1.807, 2.05) is 0 Å². The van der Waals surface area contributed by atoms with Gasteiger partial charge in [-0.05, 0) is 0 Å². The van der Waals surface area contributed by atoms with E-state index >= 15 is 0 Å². The fraction of sp³-hybridized carbons (Fsp3) is 0.500. The Morgan fingerprint density at radius 2 is 1.08 bits per heavy atom. The van der Waals surface area contributed by atoms with Crippen LogP contribution in [0, 0.1) is 0 Å². The topological polar surface area (TPSA) is 150 Å². The second-order valence-electron chi connectivity index (χ2n) is 1.57. The zero-order valence-corrected chi connectivity index (χ0v) is 9.14. The fourth-order valence-electron chi connectivity index (χ4n) is 0.270. The first-order chi connectivity index (χ1) is 4.46. The van der Waals surface area contributed by atoms with Crippen molar-refractivity contribution in [2.45, 2.75) is 12.2 Å². The second-order valence-corrected chi connectivity index (χ2v) is 1.57. The van der Waals surface area contributed by atoms with E-state index in [1.54, 1.807) is 0 Å². The number of aliphatic hydroxyl groups is 2. The molecule has 0 heterocycles. The summed E-state index contributed by atoms with van der Waals surface area (Å²) in [4.78, 5) is 19.5. The Bertz CT molecular complexity index is 144. The van der Waals surface area contributed by atoms with Gasteiger partial charge in [0.25, 0.3) is 0 Å². The van der Waals surface area contributed by atoms with Gasteiger partial charge in [0.15, 0.2) is 12.2 Å². The summed E-state index contributed by atoms with van der Waals surface area (Å²) in [5.74, 6) is -3.54. The molecule has 0 rings (SSSR count). The van der Waals surface area contributed by atoms with E-state index in [2.05, 4.69) is 0 Å². The van der Waals surface area contributed by atoms with E-state index < -0.39 is 24.1 Å². The number of aliphatic hydroxyl groups excluding tert-OH is 2.